The lowest BCUT2D eigenvalue weighted by atomic mass is 10.1. The number of hydrogen-bond acceptors (Lipinski definition) is 5. The Hall–Kier alpha value is -1.30. The van der Waals surface area contributed by atoms with Crippen LogP contribution in [0.1, 0.15) is 78.5 Å². The largest absolute Gasteiger partial charge is 0.335 e. The first-order valence-corrected chi connectivity index (χ1v) is 14.2. The fourth-order valence-electron chi connectivity index (χ4n) is 3.54. The van der Waals surface area contributed by atoms with Gasteiger partial charge in [0, 0.05) is 13.2 Å². The second kappa shape index (κ2) is 11.4. The van der Waals surface area contributed by atoms with E-state index in [4.69, 9.17) is 4.89 Å². The quantitative estimate of drug-likeness (QED) is 0.233. The van der Waals surface area contributed by atoms with E-state index >= 15 is 0 Å². The van der Waals surface area contributed by atoms with Gasteiger partial charge in [-0.15, -0.1) is 0 Å². The summed E-state index contributed by atoms with van der Waals surface area (Å²) in [6, 6.07) is 6.91. The number of imide groups is 1. The summed E-state index contributed by atoms with van der Waals surface area (Å²) in [5, 5.41) is 0. The fraction of sp³-hybridized carbons (Fsp3) is 0.600. The van der Waals surface area contributed by atoms with E-state index in [1.54, 1.807) is 24.3 Å². The van der Waals surface area contributed by atoms with Gasteiger partial charge in [0.15, 0.2) is 0 Å². The van der Waals surface area contributed by atoms with Gasteiger partial charge >= 0.3 is 15.2 Å². The Balaban J connectivity index is 1.48. The van der Waals surface area contributed by atoms with Crippen LogP contribution in [0.2, 0.25) is 0 Å². The Morgan fingerprint density at radius 1 is 0.800 bits per heavy atom. The molecule has 10 heteroatoms. The number of rotatable bonds is 14. The molecule has 0 spiro atoms. The van der Waals surface area contributed by atoms with Crippen LogP contribution in [0.3, 0.4) is 0 Å². The smallest absolute Gasteiger partial charge is 0.324 e. The zero-order valence-electron chi connectivity index (χ0n) is 17.4. The molecule has 2 amide bonds. The van der Waals surface area contributed by atoms with Gasteiger partial charge in [-0.05, 0) is 25.0 Å². The number of carbonyl (C=O) groups is 2. The summed E-state index contributed by atoms with van der Waals surface area (Å²) in [5.41, 5.74) is 0.985. The highest BCUT2D eigenvalue weighted by atomic mass is 31.3. The summed E-state index contributed by atoms with van der Waals surface area (Å²) >= 11 is 0. The number of amides is 2. The molecular formula is C20H31NO7P2. The molecule has 1 heterocycles. The van der Waals surface area contributed by atoms with Crippen molar-refractivity contribution in [1.82, 2.24) is 4.90 Å². The summed E-state index contributed by atoms with van der Waals surface area (Å²) in [5.74, 6) is -0.400. The first-order chi connectivity index (χ1) is 14.1. The van der Waals surface area contributed by atoms with Crippen molar-refractivity contribution < 1.29 is 32.8 Å². The lowest BCUT2D eigenvalue weighted by molar-refractivity contribution is 0.0651. The van der Waals surface area contributed by atoms with Crippen LogP contribution < -0.4 is 0 Å². The van der Waals surface area contributed by atoms with Crippen LogP contribution in [-0.2, 0) is 13.4 Å². The van der Waals surface area contributed by atoms with Gasteiger partial charge in [0.05, 0.1) is 17.3 Å². The van der Waals surface area contributed by atoms with Gasteiger partial charge in [-0.2, -0.15) is 0 Å². The highest BCUT2D eigenvalue weighted by molar-refractivity contribution is 7.65. The van der Waals surface area contributed by atoms with Crippen LogP contribution in [0.25, 0.3) is 0 Å². The molecular weight excluding hydrogens is 428 g/mol. The average molecular weight is 459 g/mol. The molecule has 0 bridgehead atoms. The van der Waals surface area contributed by atoms with Crippen LogP contribution in [0.5, 0.6) is 0 Å². The summed E-state index contributed by atoms with van der Waals surface area (Å²) in [7, 11) is -7.94. The van der Waals surface area contributed by atoms with Crippen molar-refractivity contribution in [2.24, 2.45) is 0 Å². The molecule has 8 nitrogen and oxygen atoms in total. The van der Waals surface area contributed by atoms with Crippen molar-refractivity contribution in [2.75, 3.05) is 19.4 Å². The lowest BCUT2D eigenvalue weighted by Gasteiger charge is -2.13. The van der Waals surface area contributed by atoms with Crippen molar-refractivity contribution in [3.05, 3.63) is 35.4 Å². The number of hydrogen-bond donors (Lipinski definition) is 2. The van der Waals surface area contributed by atoms with Gasteiger partial charge in [-0.3, -0.25) is 23.6 Å². The molecule has 2 N–H and O–H groups in total. The molecule has 168 valence electrons. The molecule has 2 rings (SSSR count). The normalized spacial score (nSPS) is 17.6. The number of unbranched alkanes of at least 4 members (excludes halogenated alkanes) is 8. The standard InChI is InChI=1S/C20H31NO7P2/c1-29(24,25)28-30(26,27)16-12-8-6-4-2-3-5-7-11-15-21-19(22)17-13-9-10-14-18(17)20(21)23/h9-10,13-14H,2-8,11-12,15-16H2,1H3,(H,24,25)(H,26,27). The number of fused-ring (bicyclic) bond motifs is 1. The van der Waals surface area contributed by atoms with E-state index in [1.807, 2.05) is 0 Å². The molecule has 1 aromatic rings. The van der Waals surface area contributed by atoms with Crippen molar-refractivity contribution in [2.45, 2.75) is 57.8 Å². The van der Waals surface area contributed by atoms with E-state index in [0.29, 0.717) is 24.1 Å². The summed E-state index contributed by atoms with van der Waals surface area (Å²) in [4.78, 5) is 44.4. The first kappa shape index (κ1) is 25.0. The van der Waals surface area contributed by atoms with Crippen LogP contribution in [0.15, 0.2) is 24.3 Å². The van der Waals surface area contributed by atoms with Crippen molar-refractivity contribution in [3.63, 3.8) is 0 Å². The first-order valence-electron chi connectivity index (χ1n) is 10.4. The molecule has 0 radical (unpaired) electrons. The minimum Gasteiger partial charge on any atom is -0.324 e. The Kier molecular flexibility index (Phi) is 9.45. The zero-order chi connectivity index (χ0) is 22.2. The van der Waals surface area contributed by atoms with Gasteiger partial charge in [0.2, 0.25) is 0 Å². The second-order valence-corrected chi connectivity index (χ2v) is 11.7. The number of benzene rings is 1. The van der Waals surface area contributed by atoms with Crippen molar-refractivity contribution in [3.8, 4) is 0 Å². The third-order valence-electron chi connectivity index (χ3n) is 4.98. The van der Waals surface area contributed by atoms with E-state index in [1.165, 1.54) is 4.90 Å². The monoisotopic (exact) mass is 459 g/mol. The van der Waals surface area contributed by atoms with Crippen molar-refractivity contribution in [1.29, 1.82) is 0 Å². The summed E-state index contributed by atoms with van der Waals surface area (Å²) in [6.07, 6.45) is 7.99. The second-order valence-electron chi connectivity index (χ2n) is 7.74. The molecule has 30 heavy (non-hydrogen) atoms. The van der Waals surface area contributed by atoms with E-state index in [9.17, 15) is 23.6 Å². The lowest BCUT2D eigenvalue weighted by Crippen LogP contribution is -2.30. The Morgan fingerprint density at radius 2 is 1.23 bits per heavy atom. The third-order valence-corrected chi connectivity index (χ3v) is 8.09. The minimum atomic E-state index is -3.99. The van der Waals surface area contributed by atoms with E-state index in [2.05, 4.69) is 4.31 Å². The molecule has 2 unspecified atom stereocenters. The van der Waals surface area contributed by atoms with Gasteiger partial charge in [-0.1, -0.05) is 57.1 Å². The maximum Gasteiger partial charge on any atom is 0.335 e. The highest BCUT2D eigenvalue weighted by Crippen LogP contribution is 2.57. The molecule has 1 aromatic carbocycles. The van der Waals surface area contributed by atoms with Crippen LogP contribution in [0, 0.1) is 0 Å². The van der Waals surface area contributed by atoms with Crippen LogP contribution >= 0.6 is 15.2 Å². The Bertz CT molecular complexity index is 801. The fourth-order valence-corrected chi connectivity index (χ4v) is 6.38. The maximum atomic E-state index is 12.3. The van der Waals surface area contributed by atoms with Crippen molar-refractivity contribution >= 4 is 27.0 Å². The molecule has 0 aliphatic carbocycles. The van der Waals surface area contributed by atoms with Gasteiger partial charge in [0.25, 0.3) is 11.8 Å². The van der Waals surface area contributed by atoms with Crippen LogP contribution in [-0.4, -0.2) is 45.9 Å². The predicted octanol–water partition coefficient (Wildman–Crippen LogP) is 4.81. The number of nitrogens with zero attached hydrogens (tertiary/aromatic N) is 1. The highest BCUT2D eigenvalue weighted by Gasteiger charge is 2.34. The van der Waals surface area contributed by atoms with E-state index in [-0.39, 0.29) is 18.0 Å². The maximum absolute atomic E-state index is 12.3. The molecule has 0 saturated carbocycles. The molecule has 0 saturated heterocycles. The Labute approximate surface area is 177 Å². The molecule has 2 atom stereocenters. The SMILES string of the molecule is CP(=O)(O)OP(=O)(O)CCCCCCCCCCCN1C(=O)c2ccccc2C1=O. The van der Waals surface area contributed by atoms with Gasteiger partial charge < -0.3 is 9.79 Å². The molecule has 1 aliphatic rings. The zero-order valence-corrected chi connectivity index (χ0v) is 19.2. The summed E-state index contributed by atoms with van der Waals surface area (Å²) in [6.45, 7) is 1.35. The van der Waals surface area contributed by atoms with E-state index < -0.39 is 15.2 Å². The number of carbonyl (C=O) groups excluding carboxylic acids is 2. The topological polar surface area (TPSA) is 121 Å². The van der Waals surface area contributed by atoms with Gasteiger partial charge in [0.1, 0.15) is 0 Å². The predicted molar refractivity (Wildman–Crippen MR) is 115 cm³/mol. The summed E-state index contributed by atoms with van der Waals surface area (Å²) < 4.78 is 27.0. The Morgan fingerprint density at radius 3 is 1.70 bits per heavy atom. The molecule has 0 fully saturated rings. The van der Waals surface area contributed by atoms with E-state index in [0.717, 1.165) is 58.0 Å². The molecule has 1 aliphatic heterocycles. The van der Waals surface area contributed by atoms with Crippen LogP contribution in [0.4, 0.5) is 0 Å². The average Bonchev–Trinajstić information content (AvgIpc) is 2.89. The molecule has 0 aromatic heterocycles. The minimum absolute atomic E-state index is 0.108. The third kappa shape index (κ3) is 8.09. The van der Waals surface area contributed by atoms with Gasteiger partial charge in [-0.25, -0.2) is 4.31 Å².